The van der Waals surface area contributed by atoms with Crippen molar-refractivity contribution in [3.63, 3.8) is 0 Å². The molecule has 160 valence electrons. The fourth-order valence-electron chi connectivity index (χ4n) is 2.29. The number of alkyl halides is 3. The minimum atomic E-state index is -4.68. The lowest BCUT2D eigenvalue weighted by Gasteiger charge is -2.11. The quantitative estimate of drug-likeness (QED) is 0.381. The van der Waals surface area contributed by atoms with Gasteiger partial charge >= 0.3 is 12.1 Å². The first-order chi connectivity index (χ1) is 14.7. The van der Waals surface area contributed by atoms with Crippen LogP contribution in [0.15, 0.2) is 58.8 Å². The van der Waals surface area contributed by atoms with Crippen LogP contribution in [0.4, 0.5) is 18.9 Å². The summed E-state index contributed by atoms with van der Waals surface area (Å²) >= 11 is 6.65. The number of nitrogens with zero attached hydrogens (tertiary/aromatic N) is 3. The second-order valence-corrected chi connectivity index (χ2v) is 7.25. The van der Waals surface area contributed by atoms with Crippen molar-refractivity contribution in [3.8, 4) is 0 Å². The predicted octanol–water partition coefficient (Wildman–Crippen LogP) is 4.07. The van der Waals surface area contributed by atoms with Crippen molar-refractivity contribution in [2.24, 2.45) is 0 Å². The van der Waals surface area contributed by atoms with Crippen LogP contribution < -0.4 is 10.8 Å². The number of anilines is 1. The summed E-state index contributed by atoms with van der Waals surface area (Å²) in [6, 6.07) is 9.17. The van der Waals surface area contributed by atoms with Crippen molar-refractivity contribution in [2.75, 3.05) is 5.32 Å². The Hall–Kier alpha value is -3.22. The lowest BCUT2D eigenvalue weighted by Crippen LogP contribution is -2.21. The first kappa shape index (κ1) is 22.5. The van der Waals surface area contributed by atoms with Crippen LogP contribution in [0.5, 0.6) is 0 Å². The molecule has 31 heavy (non-hydrogen) atoms. The van der Waals surface area contributed by atoms with Crippen LogP contribution in [-0.2, 0) is 6.18 Å². The molecule has 0 aliphatic carbocycles. The van der Waals surface area contributed by atoms with Gasteiger partial charge in [-0.1, -0.05) is 11.6 Å². The molecule has 13 heteroatoms. The number of aromatic nitrogens is 3. The number of halogens is 4. The van der Waals surface area contributed by atoms with Crippen LogP contribution in [0.2, 0.25) is 5.02 Å². The summed E-state index contributed by atoms with van der Waals surface area (Å²) in [5.74, 6) is -1.90. The van der Waals surface area contributed by atoms with Crippen LogP contribution in [-0.4, -0.2) is 32.0 Å². The van der Waals surface area contributed by atoms with Gasteiger partial charge in [0.25, 0.3) is 5.91 Å². The molecule has 1 heterocycles. The molecule has 2 aromatic carbocycles. The van der Waals surface area contributed by atoms with Crippen molar-refractivity contribution in [1.82, 2.24) is 20.4 Å². The average Bonchev–Trinajstić information content (AvgIpc) is 2.74. The fraction of sp³-hybridized carbons (Fsp3) is 0.0556. The molecule has 0 saturated carbocycles. The zero-order chi connectivity index (χ0) is 22.6. The minimum absolute atomic E-state index is 0.186. The number of rotatable bonds is 5. The van der Waals surface area contributed by atoms with E-state index in [1.54, 1.807) is 12.1 Å². The normalized spacial score (nSPS) is 11.1. The predicted molar refractivity (Wildman–Crippen MR) is 104 cm³/mol. The number of hydrogen-bond acceptors (Lipinski definition) is 7. The highest BCUT2D eigenvalue weighted by molar-refractivity contribution is 7.99. The molecule has 0 fully saturated rings. The molecule has 0 saturated heterocycles. The molecule has 2 amide bonds. The second-order valence-electron chi connectivity index (χ2n) is 5.81. The first-order valence-electron chi connectivity index (χ1n) is 8.27. The van der Waals surface area contributed by atoms with Gasteiger partial charge in [0, 0.05) is 16.1 Å². The second kappa shape index (κ2) is 9.29. The van der Waals surface area contributed by atoms with Gasteiger partial charge in [-0.3, -0.25) is 14.8 Å². The molecule has 3 aromatic rings. The number of nitrogens with one attached hydrogen (secondary N) is 2. The lowest BCUT2D eigenvalue weighted by atomic mass is 10.1. The van der Waals surface area contributed by atoms with E-state index in [2.05, 4.69) is 20.3 Å². The van der Waals surface area contributed by atoms with Gasteiger partial charge in [-0.25, -0.2) is 15.4 Å². The first-order valence-corrected chi connectivity index (χ1v) is 9.46. The smallest absolute Gasteiger partial charge is 0.322 e. The summed E-state index contributed by atoms with van der Waals surface area (Å²) in [4.78, 5) is 35.7. The van der Waals surface area contributed by atoms with E-state index in [1.807, 2.05) is 0 Å². The number of carbonyl (C=O) groups excluding carboxylic acids is 2. The van der Waals surface area contributed by atoms with E-state index in [1.165, 1.54) is 23.7 Å². The fourth-order valence-corrected chi connectivity index (χ4v) is 3.23. The van der Waals surface area contributed by atoms with Crippen molar-refractivity contribution >= 4 is 40.9 Å². The minimum Gasteiger partial charge on any atom is -0.322 e. The summed E-state index contributed by atoms with van der Waals surface area (Å²) in [5, 5.41) is 10.8. The number of amides is 2. The molecule has 0 unspecified atom stereocenters. The van der Waals surface area contributed by atoms with E-state index < -0.39 is 28.6 Å². The summed E-state index contributed by atoms with van der Waals surface area (Å²) < 4.78 is 38.9. The molecular formula is C18H11ClF3N5O3S. The van der Waals surface area contributed by atoms with Gasteiger partial charge < -0.3 is 5.32 Å². The highest BCUT2D eigenvalue weighted by atomic mass is 35.5. The molecule has 1 aromatic heterocycles. The molecule has 3 rings (SSSR count). The van der Waals surface area contributed by atoms with Crippen molar-refractivity contribution in [2.45, 2.75) is 16.2 Å². The van der Waals surface area contributed by atoms with E-state index in [0.717, 1.165) is 24.2 Å². The Kier molecular flexibility index (Phi) is 6.73. The maximum atomic E-state index is 13.0. The van der Waals surface area contributed by atoms with Crippen molar-refractivity contribution in [1.29, 1.82) is 0 Å². The maximum absolute atomic E-state index is 13.0. The average molecular weight is 470 g/mol. The molecule has 0 bridgehead atoms. The Balaban J connectivity index is 1.70. The molecule has 0 aliphatic rings. The monoisotopic (exact) mass is 469 g/mol. The Morgan fingerprint density at radius 3 is 2.39 bits per heavy atom. The SMILES string of the molecule is O=C(Nc1ccc(Sc2ncnc(C(=O)NO)n2)cc1)c1ccc(Cl)c(C(F)(F)F)c1. The largest absolute Gasteiger partial charge is 0.417 e. The van der Waals surface area contributed by atoms with Crippen LogP contribution in [0.1, 0.15) is 26.5 Å². The number of benzene rings is 2. The molecule has 0 radical (unpaired) electrons. The molecule has 3 N–H and O–H groups in total. The van der Waals surface area contributed by atoms with E-state index in [-0.39, 0.29) is 16.5 Å². The van der Waals surface area contributed by atoms with Crippen molar-refractivity contribution in [3.05, 3.63) is 70.8 Å². The van der Waals surface area contributed by atoms with Crippen LogP contribution >= 0.6 is 23.4 Å². The Morgan fingerprint density at radius 2 is 1.74 bits per heavy atom. The van der Waals surface area contributed by atoms with Gasteiger partial charge in [0.2, 0.25) is 5.82 Å². The van der Waals surface area contributed by atoms with Crippen molar-refractivity contribution < 1.29 is 28.0 Å². The van der Waals surface area contributed by atoms with Gasteiger partial charge in [-0.05, 0) is 54.2 Å². The number of hydroxylamine groups is 1. The molecule has 8 nitrogen and oxygen atoms in total. The Labute approximate surface area is 181 Å². The van der Waals surface area contributed by atoms with Gasteiger partial charge in [-0.15, -0.1) is 0 Å². The van der Waals surface area contributed by atoms with Gasteiger partial charge in [0.05, 0.1) is 10.6 Å². The summed E-state index contributed by atoms with van der Waals surface area (Å²) in [6.45, 7) is 0. The molecule has 0 spiro atoms. The Bertz CT molecular complexity index is 1130. The van der Waals surface area contributed by atoms with Crippen LogP contribution in [0, 0.1) is 0 Å². The molecular weight excluding hydrogens is 459 g/mol. The third-order valence-corrected chi connectivity index (χ3v) is 4.93. The van der Waals surface area contributed by atoms with Gasteiger partial charge in [0.15, 0.2) is 5.16 Å². The van der Waals surface area contributed by atoms with Crippen LogP contribution in [0.25, 0.3) is 0 Å². The van der Waals surface area contributed by atoms with Gasteiger partial charge in [0.1, 0.15) is 6.33 Å². The molecule has 0 atom stereocenters. The van der Waals surface area contributed by atoms with E-state index in [0.29, 0.717) is 16.6 Å². The van der Waals surface area contributed by atoms with Crippen LogP contribution in [0.3, 0.4) is 0 Å². The molecule has 0 aliphatic heterocycles. The summed E-state index contributed by atoms with van der Waals surface area (Å²) in [6.07, 6.45) is -3.57. The van der Waals surface area contributed by atoms with E-state index in [4.69, 9.17) is 16.8 Å². The number of hydrogen-bond donors (Lipinski definition) is 3. The summed E-state index contributed by atoms with van der Waals surface area (Å²) in [7, 11) is 0. The zero-order valence-electron chi connectivity index (χ0n) is 15.1. The van der Waals surface area contributed by atoms with E-state index in [9.17, 15) is 22.8 Å². The number of carbonyl (C=O) groups is 2. The summed E-state index contributed by atoms with van der Waals surface area (Å²) in [5.41, 5.74) is 0.461. The third-order valence-electron chi connectivity index (χ3n) is 3.71. The lowest BCUT2D eigenvalue weighted by molar-refractivity contribution is -0.137. The maximum Gasteiger partial charge on any atom is 0.417 e. The zero-order valence-corrected chi connectivity index (χ0v) is 16.7. The topological polar surface area (TPSA) is 117 Å². The third kappa shape index (κ3) is 5.69. The standard InChI is InChI=1S/C18H11ClF3N5O3S/c19-13-6-1-9(7-12(13)18(20,21)22)15(28)25-10-2-4-11(5-3-10)31-17-24-8-23-14(26-17)16(29)27-30/h1-8,30H,(H,25,28)(H,27,29). The Morgan fingerprint density at radius 1 is 1.03 bits per heavy atom. The van der Waals surface area contributed by atoms with E-state index >= 15 is 0 Å². The van der Waals surface area contributed by atoms with Gasteiger partial charge in [-0.2, -0.15) is 18.2 Å². The highest BCUT2D eigenvalue weighted by Crippen LogP contribution is 2.35. The highest BCUT2D eigenvalue weighted by Gasteiger charge is 2.33.